The minimum absolute atomic E-state index is 0.0704. The fourth-order valence-electron chi connectivity index (χ4n) is 2.16. The molecule has 1 saturated heterocycles. The average molecular weight is 232 g/mol. The van der Waals surface area contributed by atoms with Crippen molar-refractivity contribution < 1.29 is 4.79 Å². The third-order valence-corrected chi connectivity index (χ3v) is 3.43. The van der Waals surface area contributed by atoms with Crippen LogP contribution in [0.2, 0.25) is 0 Å². The number of hydrogen-bond donors (Lipinski definition) is 2. The maximum Gasteiger partial charge on any atom is 0.244 e. The number of carbonyl (C=O) groups is 1. The molecule has 2 rings (SSSR count). The summed E-state index contributed by atoms with van der Waals surface area (Å²) in [6, 6.07) is 7.90. The third kappa shape index (κ3) is 2.86. The number of aryl methyl sites for hydroxylation is 1. The Hall–Kier alpha value is -1.35. The number of anilines is 1. The van der Waals surface area contributed by atoms with E-state index in [1.165, 1.54) is 5.56 Å². The zero-order valence-corrected chi connectivity index (χ0v) is 10.5. The molecule has 1 unspecified atom stereocenters. The summed E-state index contributed by atoms with van der Waals surface area (Å²) >= 11 is 0. The Bertz CT molecular complexity index is 391. The van der Waals surface area contributed by atoms with Crippen LogP contribution in [-0.2, 0) is 4.79 Å². The van der Waals surface area contributed by atoms with Gasteiger partial charge in [0.1, 0.15) is 0 Å². The van der Waals surface area contributed by atoms with Gasteiger partial charge in [0.25, 0.3) is 0 Å². The Morgan fingerprint density at radius 3 is 2.59 bits per heavy atom. The minimum atomic E-state index is -0.414. The van der Waals surface area contributed by atoms with Gasteiger partial charge in [0.05, 0.1) is 5.54 Å². The van der Waals surface area contributed by atoms with Crippen molar-refractivity contribution in [3.8, 4) is 0 Å². The molecule has 92 valence electrons. The molecule has 1 aliphatic rings. The molecule has 1 heterocycles. The number of hydrogen-bond acceptors (Lipinski definition) is 2. The maximum absolute atomic E-state index is 12.2. The molecule has 2 N–H and O–H groups in total. The van der Waals surface area contributed by atoms with E-state index < -0.39 is 5.54 Å². The minimum Gasteiger partial charge on any atom is -0.324 e. The van der Waals surface area contributed by atoms with E-state index in [2.05, 4.69) is 10.6 Å². The van der Waals surface area contributed by atoms with E-state index in [1.807, 2.05) is 38.1 Å². The summed E-state index contributed by atoms with van der Waals surface area (Å²) in [5, 5.41) is 6.29. The Labute approximate surface area is 103 Å². The van der Waals surface area contributed by atoms with Gasteiger partial charge in [-0.1, -0.05) is 17.7 Å². The van der Waals surface area contributed by atoms with E-state index in [-0.39, 0.29) is 5.91 Å². The van der Waals surface area contributed by atoms with Crippen molar-refractivity contribution in [1.82, 2.24) is 5.32 Å². The van der Waals surface area contributed by atoms with Crippen LogP contribution < -0.4 is 10.6 Å². The number of carbonyl (C=O) groups excluding carboxylic acids is 1. The summed E-state index contributed by atoms with van der Waals surface area (Å²) in [7, 11) is 0. The van der Waals surface area contributed by atoms with E-state index in [0.717, 1.165) is 31.5 Å². The van der Waals surface area contributed by atoms with Crippen LogP contribution in [-0.4, -0.2) is 18.0 Å². The van der Waals surface area contributed by atoms with Crippen molar-refractivity contribution >= 4 is 11.6 Å². The monoisotopic (exact) mass is 232 g/mol. The molecule has 0 spiro atoms. The lowest BCUT2D eigenvalue weighted by molar-refractivity contribution is -0.122. The molecular weight excluding hydrogens is 212 g/mol. The Balaban J connectivity index is 2.03. The molecule has 1 aromatic carbocycles. The largest absolute Gasteiger partial charge is 0.324 e. The van der Waals surface area contributed by atoms with Crippen LogP contribution in [0.3, 0.4) is 0 Å². The molecular formula is C14H20N2O. The molecule has 1 atom stereocenters. The lowest BCUT2D eigenvalue weighted by Gasteiger charge is -2.33. The maximum atomic E-state index is 12.2. The van der Waals surface area contributed by atoms with Crippen molar-refractivity contribution in [2.45, 2.75) is 38.6 Å². The molecule has 0 saturated carbocycles. The molecule has 1 aliphatic heterocycles. The highest BCUT2D eigenvalue weighted by Crippen LogP contribution is 2.21. The normalized spacial score (nSPS) is 24.4. The molecule has 1 amide bonds. The first-order valence-corrected chi connectivity index (χ1v) is 6.23. The molecule has 17 heavy (non-hydrogen) atoms. The lowest BCUT2D eigenvalue weighted by Crippen LogP contribution is -2.54. The fourth-order valence-corrected chi connectivity index (χ4v) is 2.16. The molecule has 0 aromatic heterocycles. The number of piperidine rings is 1. The summed E-state index contributed by atoms with van der Waals surface area (Å²) in [5.41, 5.74) is 1.66. The zero-order chi connectivity index (χ0) is 12.3. The zero-order valence-electron chi connectivity index (χ0n) is 10.5. The summed E-state index contributed by atoms with van der Waals surface area (Å²) < 4.78 is 0. The first-order valence-electron chi connectivity index (χ1n) is 6.23. The van der Waals surface area contributed by atoms with Crippen LogP contribution in [0.1, 0.15) is 31.7 Å². The SMILES string of the molecule is Cc1ccc(NC(=O)C2(C)CCCCN2)cc1. The predicted octanol–water partition coefficient (Wildman–Crippen LogP) is 2.47. The summed E-state index contributed by atoms with van der Waals surface area (Å²) in [4.78, 5) is 12.2. The fraction of sp³-hybridized carbons (Fsp3) is 0.500. The summed E-state index contributed by atoms with van der Waals surface area (Å²) in [6.07, 6.45) is 3.18. The van der Waals surface area contributed by atoms with E-state index in [4.69, 9.17) is 0 Å². The van der Waals surface area contributed by atoms with Crippen LogP contribution in [0.4, 0.5) is 5.69 Å². The second kappa shape index (κ2) is 4.88. The van der Waals surface area contributed by atoms with Gasteiger partial charge in [-0.3, -0.25) is 4.79 Å². The summed E-state index contributed by atoms with van der Waals surface area (Å²) in [6.45, 7) is 4.95. The molecule has 0 bridgehead atoms. The Kier molecular flexibility index (Phi) is 3.48. The molecule has 3 heteroatoms. The number of benzene rings is 1. The van der Waals surface area contributed by atoms with Gasteiger partial charge in [-0.05, 0) is 51.8 Å². The highest BCUT2D eigenvalue weighted by atomic mass is 16.2. The Morgan fingerprint density at radius 1 is 1.29 bits per heavy atom. The van der Waals surface area contributed by atoms with Gasteiger partial charge in [0, 0.05) is 5.69 Å². The highest BCUT2D eigenvalue weighted by Gasteiger charge is 2.34. The lowest BCUT2D eigenvalue weighted by atomic mass is 9.90. The van der Waals surface area contributed by atoms with E-state index in [0.29, 0.717) is 0 Å². The Morgan fingerprint density at radius 2 is 2.00 bits per heavy atom. The van der Waals surface area contributed by atoms with Gasteiger partial charge in [-0.25, -0.2) is 0 Å². The van der Waals surface area contributed by atoms with Gasteiger partial charge in [-0.15, -0.1) is 0 Å². The van der Waals surface area contributed by atoms with Crippen molar-refractivity contribution in [3.05, 3.63) is 29.8 Å². The van der Waals surface area contributed by atoms with E-state index >= 15 is 0 Å². The van der Waals surface area contributed by atoms with E-state index in [9.17, 15) is 4.79 Å². The smallest absolute Gasteiger partial charge is 0.244 e. The van der Waals surface area contributed by atoms with Crippen LogP contribution in [0, 0.1) is 6.92 Å². The first kappa shape index (κ1) is 12.1. The highest BCUT2D eigenvalue weighted by molar-refractivity contribution is 5.97. The third-order valence-electron chi connectivity index (χ3n) is 3.43. The molecule has 3 nitrogen and oxygen atoms in total. The van der Waals surface area contributed by atoms with Crippen molar-refractivity contribution in [1.29, 1.82) is 0 Å². The van der Waals surface area contributed by atoms with E-state index in [1.54, 1.807) is 0 Å². The molecule has 0 radical (unpaired) electrons. The van der Waals surface area contributed by atoms with Crippen molar-refractivity contribution in [3.63, 3.8) is 0 Å². The number of amides is 1. The summed E-state index contributed by atoms with van der Waals surface area (Å²) in [5.74, 6) is 0.0704. The number of nitrogens with one attached hydrogen (secondary N) is 2. The van der Waals surface area contributed by atoms with Crippen LogP contribution in [0.5, 0.6) is 0 Å². The molecule has 0 aliphatic carbocycles. The number of rotatable bonds is 2. The second-order valence-electron chi connectivity index (χ2n) is 5.04. The topological polar surface area (TPSA) is 41.1 Å². The van der Waals surface area contributed by atoms with Crippen LogP contribution >= 0.6 is 0 Å². The van der Waals surface area contributed by atoms with Gasteiger partial charge >= 0.3 is 0 Å². The molecule has 1 aromatic rings. The second-order valence-corrected chi connectivity index (χ2v) is 5.04. The van der Waals surface area contributed by atoms with Crippen molar-refractivity contribution in [2.75, 3.05) is 11.9 Å². The van der Waals surface area contributed by atoms with Crippen LogP contribution in [0.15, 0.2) is 24.3 Å². The van der Waals surface area contributed by atoms with Crippen LogP contribution in [0.25, 0.3) is 0 Å². The average Bonchev–Trinajstić information content (AvgIpc) is 2.33. The first-order chi connectivity index (χ1) is 8.10. The van der Waals surface area contributed by atoms with Gasteiger partial charge in [0.2, 0.25) is 5.91 Å². The quantitative estimate of drug-likeness (QED) is 0.822. The predicted molar refractivity (Wildman–Crippen MR) is 70.1 cm³/mol. The van der Waals surface area contributed by atoms with Gasteiger partial charge < -0.3 is 10.6 Å². The van der Waals surface area contributed by atoms with Gasteiger partial charge in [0.15, 0.2) is 0 Å². The standard InChI is InChI=1S/C14H20N2O/c1-11-5-7-12(8-6-11)16-13(17)14(2)9-3-4-10-15-14/h5-8,15H,3-4,9-10H2,1-2H3,(H,16,17). The van der Waals surface area contributed by atoms with Crippen molar-refractivity contribution in [2.24, 2.45) is 0 Å². The molecule has 1 fully saturated rings. The van der Waals surface area contributed by atoms with Gasteiger partial charge in [-0.2, -0.15) is 0 Å².